The second-order valence-electron chi connectivity index (χ2n) is 18.3. The molecule has 1 heterocycles. The zero-order valence-electron chi connectivity index (χ0n) is 34.7. The zero-order chi connectivity index (χ0) is 40.8. The third kappa shape index (κ3) is 4.70. The lowest BCUT2D eigenvalue weighted by atomic mass is 9.80. The van der Waals surface area contributed by atoms with E-state index in [1.54, 1.807) is 0 Å². The van der Waals surface area contributed by atoms with Crippen molar-refractivity contribution in [3.05, 3.63) is 204 Å². The van der Waals surface area contributed by atoms with Crippen LogP contribution in [0.2, 0.25) is 0 Å². The molecule has 1 heteroatoms. The van der Waals surface area contributed by atoms with Crippen molar-refractivity contribution in [3.8, 4) is 55.6 Å². The van der Waals surface area contributed by atoms with E-state index in [1.165, 1.54) is 130 Å². The van der Waals surface area contributed by atoms with Crippen LogP contribution < -0.4 is 0 Å². The topological polar surface area (TPSA) is 0 Å². The Kier molecular flexibility index (Phi) is 7.11. The fraction of sp³-hybridized carbons (Fsp3) is 0.100. The van der Waals surface area contributed by atoms with Gasteiger partial charge in [-0.3, -0.25) is 0 Å². The fourth-order valence-electron chi connectivity index (χ4n) is 11.5. The summed E-state index contributed by atoms with van der Waals surface area (Å²) in [6.07, 6.45) is 0. The summed E-state index contributed by atoms with van der Waals surface area (Å²) < 4.78 is 2.73. The quantitative estimate of drug-likeness (QED) is 0.156. The molecule has 0 unspecified atom stereocenters. The summed E-state index contributed by atoms with van der Waals surface area (Å²) in [5, 5.41) is 10.5. The van der Waals surface area contributed by atoms with Gasteiger partial charge in [-0.15, -0.1) is 11.3 Å². The van der Waals surface area contributed by atoms with Gasteiger partial charge in [-0.1, -0.05) is 185 Å². The lowest BCUT2D eigenvalue weighted by Crippen LogP contribution is -2.15. The molecule has 0 radical (unpaired) electrons. The van der Waals surface area contributed by atoms with Crippen LogP contribution in [-0.4, -0.2) is 0 Å². The van der Waals surface area contributed by atoms with Gasteiger partial charge in [0.15, 0.2) is 0 Å². The Labute approximate surface area is 360 Å². The summed E-state index contributed by atoms with van der Waals surface area (Å²) in [7, 11) is 0. The Balaban J connectivity index is 1.05. The summed E-state index contributed by atoms with van der Waals surface area (Å²) in [6, 6.07) is 68.9. The zero-order valence-corrected chi connectivity index (χ0v) is 35.5. The highest BCUT2D eigenvalue weighted by molar-refractivity contribution is 7.26. The van der Waals surface area contributed by atoms with Crippen molar-refractivity contribution in [1.29, 1.82) is 0 Å². The van der Waals surface area contributed by atoms with Gasteiger partial charge in [0.05, 0.1) is 0 Å². The van der Waals surface area contributed by atoms with Crippen molar-refractivity contribution in [2.24, 2.45) is 0 Å². The average molecular weight is 795 g/mol. The minimum absolute atomic E-state index is 0.122. The predicted molar refractivity (Wildman–Crippen MR) is 263 cm³/mol. The lowest BCUT2D eigenvalue weighted by Gasteiger charge is -2.23. The van der Waals surface area contributed by atoms with Gasteiger partial charge in [-0.25, -0.2) is 0 Å². The molecule has 0 fully saturated rings. The number of hydrogen-bond acceptors (Lipinski definition) is 1. The monoisotopic (exact) mass is 794 g/mol. The Morgan fingerprint density at radius 1 is 0.328 bits per heavy atom. The van der Waals surface area contributed by atoms with Crippen molar-refractivity contribution in [1.82, 2.24) is 0 Å². The van der Waals surface area contributed by atoms with Crippen molar-refractivity contribution in [2.45, 2.75) is 38.5 Å². The van der Waals surface area contributed by atoms with Crippen molar-refractivity contribution < 1.29 is 0 Å². The molecular formula is C60H42S. The molecule has 1 aromatic heterocycles. The molecule has 2 aliphatic rings. The van der Waals surface area contributed by atoms with Crippen molar-refractivity contribution >= 4 is 63.8 Å². The molecule has 11 aromatic rings. The van der Waals surface area contributed by atoms with Gasteiger partial charge >= 0.3 is 0 Å². The highest BCUT2D eigenvalue weighted by atomic mass is 32.1. The van der Waals surface area contributed by atoms with E-state index in [0.29, 0.717) is 0 Å². The Morgan fingerprint density at radius 2 is 0.902 bits per heavy atom. The van der Waals surface area contributed by atoms with E-state index in [4.69, 9.17) is 0 Å². The SMILES string of the molecule is CC1(C)c2ccc(-c3c4c(cc5c3sc3ccc6ccccc6c35)C(C)(C)c3ccccc3-4)cc2-c2ccc(-c3c4ccccc4c(-c4ccccc4)c4ccccc34)cc21. The van der Waals surface area contributed by atoms with Crippen molar-refractivity contribution in [2.75, 3.05) is 0 Å². The highest BCUT2D eigenvalue weighted by Crippen LogP contribution is 2.58. The van der Waals surface area contributed by atoms with Gasteiger partial charge in [-0.05, 0) is 129 Å². The number of rotatable bonds is 3. The standard InChI is InChI=1S/C60H42S/c1-59(2)49-30-27-37(55-57-45-24-14-15-25-48(45)60(3,4)51(57)34-47-56-39-19-9-8-16-35(39)28-31-52(56)61-58(47)55)32-46(49)40-29-26-38(33-50(40)59)54-43-22-12-10-20-41(43)53(36-17-6-5-7-18-36)42-21-11-13-23-44(42)54/h5-34H,1-4H3. The summed E-state index contributed by atoms with van der Waals surface area (Å²) in [6.45, 7) is 9.68. The minimum atomic E-state index is -0.173. The Morgan fingerprint density at radius 3 is 1.64 bits per heavy atom. The summed E-state index contributed by atoms with van der Waals surface area (Å²) in [5.41, 5.74) is 18.6. The Bertz CT molecular complexity index is 3630. The highest BCUT2D eigenvalue weighted by Gasteiger charge is 2.40. The van der Waals surface area contributed by atoms with Gasteiger partial charge in [-0.2, -0.15) is 0 Å². The Hall–Kier alpha value is -6.80. The molecule has 61 heavy (non-hydrogen) atoms. The molecular weight excluding hydrogens is 753 g/mol. The van der Waals surface area contributed by atoms with Crippen LogP contribution >= 0.6 is 11.3 Å². The number of thiophene rings is 1. The summed E-state index contributed by atoms with van der Waals surface area (Å²) in [4.78, 5) is 0. The van der Waals surface area contributed by atoms with Gasteiger partial charge in [0.1, 0.15) is 0 Å². The lowest BCUT2D eigenvalue weighted by molar-refractivity contribution is 0.660. The van der Waals surface area contributed by atoms with Crippen LogP contribution in [0.1, 0.15) is 49.9 Å². The van der Waals surface area contributed by atoms with E-state index in [9.17, 15) is 0 Å². The molecule has 0 aliphatic heterocycles. The number of hydrogen-bond donors (Lipinski definition) is 0. The van der Waals surface area contributed by atoms with E-state index in [1.807, 2.05) is 11.3 Å². The van der Waals surface area contributed by atoms with Crippen LogP contribution in [0.5, 0.6) is 0 Å². The third-order valence-electron chi connectivity index (χ3n) is 14.4. The summed E-state index contributed by atoms with van der Waals surface area (Å²) in [5.74, 6) is 0. The van der Waals surface area contributed by atoms with Crippen LogP contribution in [0.25, 0.3) is 108 Å². The van der Waals surface area contributed by atoms with E-state index < -0.39 is 0 Å². The molecule has 0 saturated carbocycles. The van der Waals surface area contributed by atoms with Crippen LogP contribution in [-0.2, 0) is 10.8 Å². The first-order valence-corrected chi connectivity index (χ1v) is 22.4. The van der Waals surface area contributed by atoms with Crippen LogP contribution in [0.4, 0.5) is 0 Å². The van der Waals surface area contributed by atoms with Crippen LogP contribution in [0.15, 0.2) is 182 Å². The predicted octanol–water partition coefficient (Wildman–Crippen LogP) is 17.1. The maximum absolute atomic E-state index is 2.55. The molecule has 0 saturated heterocycles. The second-order valence-corrected chi connectivity index (χ2v) is 19.4. The molecule has 0 bridgehead atoms. The molecule has 2 aliphatic carbocycles. The number of benzene rings is 10. The fourth-order valence-corrected chi connectivity index (χ4v) is 12.8. The van der Waals surface area contributed by atoms with Crippen LogP contribution in [0.3, 0.4) is 0 Å². The first-order valence-electron chi connectivity index (χ1n) is 21.6. The molecule has 0 amide bonds. The molecule has 288 valence electrons. The number of fused-ring (bicyclic) bond motifs is 13. The molecule has 0 spiro atoms. The van der Waals surface area contributed by atoms with E-state index in [0.717, 1.165) is 0 Å². The first-order chi connectivity index (χ1) is 29.8. The molecule has 0 atom stereocenters. The molecule has 13 rings (SSSR count). The van der Waals surface area contributed by atoms with Gasteiger partial charge in [0.2, 0.25) is 0 Å². The van der Waals surface area contributed by atoms with E-state index in [2.05, 4.69) is 210 Å². The van der Waals surface area contributed by atoms with Crippen molar-refractivity contribution in [3.63, 3.8) is 0 Å². The smallest absolute Gasteiger partial charge is 0.0440 e. The summed E-state index contributed by atoms with van der Waals surface area (Å²) >= 11 is 1.96. The molecule has 0 N–H and O–H groups in total. The first kappa shape index (κ1) is 35.0. The molecule has 10 aromatic carbocycles. The largest absolute Gasteiger partial charge is 0.134 e. The van der Waals surface area contributed by atoms with Gasteiger partial charge in [0.25, 0.3) is 0 Å². The second kappa shape index (κ2) is 12.4. The van der Waals surface area contributed by atoms with E-state index >= 15 is 0 Å². The van der Waals surface area contributed by atoms with Crippen LogP contribution in [0, 0.1) is 0 Å². The molecule has 0 nitrogen and oxygen atoms in total. The van der Waals surface area contributed by atoms with Gasteiger partial charge < -0.3 is 0 Å². The minimum Gasteiger partial charge on any atom is -0.134 e. The third-order valence-corrected chi connectivity index (χ3v) is 15.6. The van der Waals surface area contributed by atoms with Gasteiger partial charge in [0, 0.05) is 36.6 Å². The maximum atomic E-state index is 2.55. The maximum Gasteiger partial charge on any atom is 0.0440 e. The average Bonchev–Trinajstić information content (AvgIpc) is 3.87. The normalized spacial score (nSPS) is 14.5. The van der Waals surface area contributed by atoms with E-state index in [-0.39, 0.29) is 10.8 Å².